The van der Waals surface area contributed by atoms with E-state index in [0.717, 1.165) is 12.1 Å². The van der Waals surface area contributed by atoms with Crippen molar-refractivity contribution in [3.63, 3.8) is 0 Å². The second-order valence-corrected chi connectivity index (χ2v) is 4.06. The second-order valence-electron chi connectivity index (χ2n) is 4.06. The molecule has 1 heterocycles. The zero-order valence-electron chi connectivity index (χ0n) is 10.2. The van der Waals surface area contributed by atoms with Crippen molar-refractivity contribution in [2.24, 2.45) is 0 Å². The maximum absolute atomic E-state index is 11.7. The van der Waals surface area contributed by atoms with Gasteiger partial charge in [0.05, 0.1) is 17.2 Å². The summed E-state index contributed by atoms with van der Waals surface area (Å²) in [6.07, 6.45) is -0.121. The third kappa shape index (κ3) is 2.27. The number of carbonyl (C=O) groups excluding carboxylic acids is 1. The molecule has 0 saturated heterocycles. The van der Waals surface area contributed by atoms with Crippen LogP contribution in [0.25, 0.3) is 11.0 Å². The van der Waals surface area contributed by atoms with E-state index < -0.39 is 0 Å². The molecule has 1 aromatic heterocycles. The molecule has 5 heteroatoms. The Morgan fingerprint density at radius 1 is 1.47 bits per heavy atom. The molecule has 2 aromatic rings. The van der Waals surface area contributed by atoms with E-state index in [9.17, 15) is 4.79 Å². The monoisotopic (exact) mass is 233 g/mol. The standard InChI is InChI=1S/C12H15N3O2/c1-4-15-11-6-5-9(7-10(11)13-14-15)12(16)17-8(2)3/h5-8H,4H2,1-3H3. The van der Waals surface area contributed by atoms with Crippen LogP contribution < -0.4 is 0 Å². The molecule has 0 amide bonds. The number of esters is 1. The van der Waals surface area contributed by atoms with Crippen LogP contribution in [0.1, 0.15) is 31.1 Å². The number of nitrogens with zero attached hydrogens (tertiary/aromatic N) is 3. The predicted molar refractivity (Wildman–Crippen MR) is 63.8 cm³/mol. The molecule has 2 rings (SSSR count). The molecule has 1 aromatic carbocycles. The average molecular weight is 233 g/mol. The van der Waals surface area contributed by atoms with Crippen LogP contribution >= 0.6 is 0 Å². The highest BCUT2D eigenvalue weighted by Gasteiger charge is 2.11. The van der Waals surface area contributed by atoms with E-state index in [1.165, 1.54) is 0 Å². The van der Waals surface area contributed by atoms with Crippen molar-refractivity contribution in [2.75, 3.05) is 0 Å². The van der Waals surface area contributed by atoms with Crippen LogP contribution in [-0.2, 0) is 11.3 Å². The molecule has 0 N–H and O–H groups in total. The highest BCUT2D eigenvalue weighted by Crippen LogP contribution is 2.14. The van der Waals surface area contributed by atoms with Crippen molar-refractivity contribution in [3.8, 4) is 0 Å². The molecule has 0 atom stereocenters. The van der Waals surface area contributed by atoms with Crippen LogP contribution in [0.2, 0.25) is 0 Å². The molecule has 0 unspecified atom stereocenters. The van der Waals surface area contributed by atoms with Gasteiger partial charge in [-0.3, -0.25) is 0 Å². The van der Waals surface area contributed by atoms with E-state index in [-0.39, 0.29) is 12.1 Å². The minimum Gasteiger partial charge on any atom is -0.459 e. The van der Waals surface area contributed by atoms with Gasteiger partial charge < -0.3 is 4.74 Å². The molecule has 0 aliphatic carbocycles. The molecule has 0 spiro atoms. The highest BCUT2D eigenvalue weighted by atomic mass is 16.5. The molecular formula is C12H15N3O2. The first-order chi connectivity index (χ1) is 8.11. The summed E-state index contributed by atoms with van der Waals surface area (Å²) in [5.74, 6) is -0.326. The average Bonchev–Trinajstić information content (AvgIpc) is 2.69. The Morgan fingerprint density at radius 2 is 2.24 bits per heavy atom. The minimum atomic E-state index is -0.326. The topological polar surface area (TPSA) is 57.0 Å². The lowest BCUT2D eigenvalue weighted by molar-refractivity contribution is 0.0378. The number of aryl methyl sites for hydroxylation is 1. The minimum absolute atomic E-state index is 0.121. The maximum Gasteiger partial charge on any atom is 0.338 e. The molecule has 0 bridgehead atoms. The van der Waals surface area contributed by atoms with Crippen LogP contribution in [-0.4, -0.2) is 27.1 Å². The van der Waals surface area contributed by atoms with Crippen molar-refractivity contribution in [1.82, 2.24) is 15.0 Å². The van der Waals surface area contributed by atoms with Gasteiger partial charge in [0.1, 0.15) is 5.52 Å². The SMILES string of the molecule is CCn1nnc2cc(C(=O)OC(C)C)ccc21. The molecule has 0 aliphatic heterocycles. The zero-order valence-corrected chi connectivity index (χ0v) is 10.2. The Morgan fingerprint density at radius 3 is 2.88 bits per heavy atom. The zero-order chi connectivity index (χ0) is 12.4. The van der Waals surface area contributed by atoms with Crippen LogP contribution in [0, 0.1) is 0 Å². The molecule has 0 saturated carbocycles. The van der Waals surface area contributed by atoms with Gasteiger partial charge in [0.15, 0.2) is 0 Å². The second kappa shape index (κ2) is 4.53. The first-order valence-electron chi connectivity index (χ1n) is 5.66. The Balaban J connectivity index is 2.35. The van der Waals surface area contributed by atoms with Gasteiger partial charge in [-0.25, -0.2) is 9.48 Å². The molecule has 5 nitrogen and oxygen atoms in total. The van der Waals surface area contributed by atoms with Gasteiger partial charge in [0, 0.05) is 6.54 Å². The summed E-state index contributed by atoms with van der Waals surface area (Å²) in [5.41, 5.74) is 2.15. The number of rotatable bonds is 3. The molecular weight excluding hydrogens is 218 g/mol. The maximum atomic E-state index is 11.7. The van der Waals surface area contributed by atoms with Crippen molar-refractivity contribution in [1.29, 1.82) is 0 Å². The van der Waals surface area contributed by atoms with Gasteiger partial charge in [0.25, 0.3) is 0 Å². The molecule has 0 fully saturated rings. The lowest BCUT2D eigenvalue weighted by atomic mass is 10.2. The third-order valence-electron chi connectivity index (χ3n) is 2.39. The van der Waals surface area contributed by atoms with Gasteiger partial charge in [-0.2, -0.15) is 0 Å². The van der Waals surface area contributed by atoms with Crippen LogP contribution in [0.15, 0.2) is 18.2 Å². The van der Waals surface area contributed by atoms with Gasteiger partial charge >= 0.3 is 5.97 Å². The van der Waals surface area contributed by atoms with E-state index in [1.54, 1.807) is 16.8 Å². The molecule has 90 valence electrons. The van der Waals surface area contributed by atoms with Crippen molar-refractivity contribution in [2.45, 2.75) is 33.4 Å². The van der Waals surface area contributed by atoms with Crippen molar-refractivity contribution < 1.29 is 9.53 Å². The number of ether oxygens (including phenoxy) is 1. The van der Waals surface area contributed by atoms with Crippen LogP contribution in [0.4, 0.5) is 0 Å². The number of carbonyl (C=O) groups is 1. The predicted octanol–water partition coefficient (Wildman–Crippen LogP) is 2.02. The largest absolute Gasteiger partial charge is 0.459 e. The molecule has 0 radical (unpaired) electrons. The van der Waals surface area contributed by atoms with Gasteiger partial charge in [-0.15, -0.1) is 5.10 Å². The summed E-state index contributed by atoms with van der Waals surface area (Å²) < 4.78 is 6.91. The number of hydrogen-bond acceptors (Lipinski definition) is 4. The Kier molecular flexibility index (Phi) is 3.08. The van der Waals surface area contributed by atoms with E-state index in [1.807, 2.05) is 26.8 Å². The number of fused-ring (bicyclic) bond motifs is 1. The quantitative estimate of drug-likeness (QED) is 0.761. The van der Waals surface area contributed by atoms with Crippen molar-refractivity contribution in [3.05, 3.63) is 23.8 Å². The van der Waals surface area contributed by atoms with Crippen LogP contribution in [0.5, 0.6) is 0 Å². The Bertz CT molecular complexity index is 546. The summed E-state index contributed by atoms with van der Waals surface area (Å²) >= 11 is 0. The van der Waals surface area contributed by atoms with E-state index in [0.29, 0.717) is 11.1 Å². The lowest BCUT2D eigenvalue weighted by Crippen LogP contribution is -2.11. The van der Waals surface area contributed by atoms with E-state index in [4.69, 9.17) is 4.74 Å². The fourth-order valence-corrected chi connectivity index (χ4v) is 1.61. The van der Waals surface area contributed by atoms with Gasteiger partial charge in [0.2, 0.25) is 0 Å². The Hall–Kier alpha value is -1.91. The fraction of sp³-hybridized carbons (Fsp3) is 0.417. The fourth-order valence-electron chi connectivity index (χ4n) is 1.61. The normalized spacial score (nSPS) is 11.1. The molecule has 17 heavy (non-hydrogen) atoms. The number of hydrogen-bond donors (Lipinski definition) is 0. The van der Waals surface area contributed by atoms with Gasteiger partial charge in [-0.1, -0.05) is 5.21 Å². The summed E-state index contributed by atoms with van der Waals surface area (Å²) in [5, 5.41) is 8.01. The number of benzene rings is 1. The van der Waals surface area contributed by atoms with Gasteiger partial charge in [-0.05, 0) is 39.0 Å². The lowest BCUT2D eigenvalue weighted by Gasteiger charge is -2.07. The van der Waals surface area contributed by atoms with E-state index >= 15 is 0 Å². The highest BCUT2D eigenvalue weighted by molar-refractivity contribution is 5.93. The summed E-state index contributed by atoms with van der Waals surface area (Å²) in [6.45, 7) is 6.40. The summed E-state index contributed by atoms with van der Waals surface area (Å²) in [6, 6.07) is 5.29. The van der Waals surface area contributed by atoms with Crippen molar-refractivity contribution >= 4 is 17.0 Å². The first kappa shape index (κ1) is 11.6. The summed E-state index contributed by atoms with van der Waals surface area (Å²) in [7, 11) is 0. The number of aromatic nitrogens is 3. The Labute approximate surface area is 99.4 Å². The smallest absolute Gasteiger partial charge is 0.338 e. The summed E-state index contributed by atoms with van der Waals surface area (Å²) in [4.78, 5) is 11.7. The van der Waals surface area contributed by atoms with E-state index in [2.05, 4.69) is 10.3 Å². The molecule has 0 aliphatic rings. The third-order valence-corrected chi connectivity index (χ3v) is 2.39. The van der Waals surface area contributed by atoms with Crippen LogP contribution in [0.3, 0.4) is 0 Å². The first-order valence-corrected chi connectivity index (χ1v) is 5.66.